The number of benzene rings is 2. The zero-order valence-electron chi connectivity index (χ0n) is 20.2. The SMILES string of the molecule is CC1=NN(c2cc(Cl)c(S(=O)(=O)O)cc2Cl)C(=O)C1N=Nc1cc(-c2nc(F)nc(F)c2Cl)c(C)cc1S(=O)(=O)O. The number of carbonyl (C=O) groups excluding carboxylic acids is 1. The summed E-state index contributed by atoms with van der Waals surface area (Å²) < 4.78 is 93.8. The monoisotopic (exact) mass is 668 g/mol. The van der Waals surface area contributed by atoms with E-state index in [4.69, 9.17) is 34.8 Å². The number of carbonyl (C=O) groups is 1. The van der Waals surface area contributed by atoms with Gasteiger partial charge in [-0.2, -0.15) is 50.9 Å². The lowest BCUT2D eigenvalue weighted by Crippen LogP contribution is -2.30. The van der Waals surface area contributed by atoms with Crippen molar-refractivity contribution in [2.24, 2.45) is 15.3 Å². The Morgan fingerprint density at radius 2 is 1.56 bits per heavy atom. The summed E-state index contributed by atoms with van der Waals surface area (Å²) in [6, 6.07) is 2.20. The fourth-order valence-electron chi connectivity index (χ4n) is 3.64. The van der Waals surface area contributed by atoms with E-state index in [1.165, 1.54) is 13.8 Å². The minimum atomic E-state index is -4.93. The van der Waals surface area contributed by atoms with Crippen LogP contribution >= 0.6 is 34.8 Å². The van der Waals surface area contributed by atoms with E-state index >= 15 is 0 Å². The number of rotatable bonds is 6. The Bertz CT molecular complexity index is 1920. The van der Waals surface area contributed by atoms with Crippen molar-refractivity contribution in [1.82, 2.24) is 9.97 Å². The minimum absolute atomic E-state index is 0.0218. The second-order valence-electron chi connectivity index (χ2n) is 8.27. The van der Waals surface area contributed by atoms with Crippen LogP contribution in [-0.2, 0) is 25.0 Å². The molecule has 216 valence electrons. The first-order chi connectivity index (χ1) is 18.9. The molecule has 13 nitrogen and oxygen atoms in total. The van der Waals surface area contributed by atoms with E-state index in [0.29, 0.717) is 0 Å². The van der Waals surface area contributed by atoms with Gasteiger partial charge in [0.05, 0.1) is 27.1 Å². The Kier molecular flexibility index (Phi) is 8.18. The molecule has 4 rings (SSSR count). The van der Waals surface area contributed by atoms with Gasteiger partial charge in [0.15, 0.2) is 6.04 Å². The highest BCUT2D eigenvalue weighted by Crippen LogP contribution is 2.38. The van der Waals surface area contributed by atoms with E-state index in [1.807, 2.05) is 0 Å². The highest BCUT2D eigenvalue weighted by Gasteiger charge is 2.37. The molecule has 3 aromatic rings. The summed E-state index contributed by atoms with van der Waals surface area (Å²) >= 11 is 17.9. The van der Waals surface area contributed by atoms with Crippen molar-refractivity contribution in [3.63, 3.8) is 0 Å². The molecule has 0 aliphatic carbocycles. The topological polar surface area (TPSA) is 192 Å². The molecule has 2 N–H and O–H groups in total. The molecule has 0 fully saturated rings. The molecule has 0 saturated heterocycles. The molecule has 0 bridgehead atoms. The summed E-state index contributed by atoms with van der Waals surface area (Å²) in [4.78, 5) is 18.0. The first-order valence-corrected chi connectivity index (χ1v) is 14.7. The molecule has 1 aliphatic rings. The average Bonchev–Trinajstić information content (AvgIpc) is 3.13. The molecular weight excluding hydrogens is 657 g/mol. The molecule has 1 aromatic heterocycles. The van der Waals surface area contributed by atoms with Crippen molar-refractivity contribution in [3.8, 4) is 11.3 Å². The Morgan fingerprint density at radius 1 is 0.927 bits per heavy atom. The van der Waals surface area contributed by atoms with Crippen molar-refractivity contribution < 1.29 is 39.5 Å². The Balaban J connectivity index is 1.78. The fraction of sp³-hybridized carbons (Fsp3) is 0.143. The summed E-state index contributed by atoms with van der Waals surface area (Å²) in [6.45, 7) is 2.71. The maximum Gasteiger partial charge on any atom is 0.311 e. The van der Waals surface area contributed by atoms with Gasteiger partial charge in [0.25, 0.3) is 26.1 Å². The van der Waals surface area contributed by atoms with Crippen LogP contribution in [-0.4, -0.2) is 53.6 Å². The normalized spacial score (nSPS) is 16.1. The van der Waals surface area contributed by atoms with Crippen molar-refractivity contribution in [2.45, 2.75) is 29.7 Å². The third-order valence-electron chi connectivity index (χ3n) is 5.51. The number of aromatic nitrogens is 2. The van der Waals surface area contributed by atoms with Crippen molar-refractivity contribution >= 4 is 78.0 Å². The Labute approximate surface area is 245 Å². The van der Waals surface area contributed by atoms with E-state index in [0.717, 1.165) is 29.3 Å². The standard InChI is InChI=1S/C21H13Cl3F2N6O7S2/c1-7-3-15(41(37,38)39)12(4-9(7)18-16(24)19(25)28-21(26)27-18)29-30-17-8(2)31-32(20(17)33)13-5-11(23)14(6-10(13)22)40(34,35)36/h3-6,17H,1-2H3,(H,34,35,36)(H,37,38,39). The summed E-state index contributed by atoms with van der Waals surface area (Å²) in [5, 5.41) is 10.9. The molecule has 41 heavy (non-hydrogen) atoms. The fourth-order valence-corrected chi connectivity index (χ4v) is 5.85. The van der Waals surface area contributed by atoms with Gasteiger partial charge < -0.3 is 0 Å². The molecule has 1 atom stereocenters. The highest BCUT2D eigenvalue weighted by atomic mass is 35.5. The van der Waals surface area contributed by atoms with Crippen LogP contribution in [0.4, 0.5) is 20.2 Å². The summed E-state index contributed by atoms with van der Waals surface area (Å²) in [6.07, 6.45) is -1.46. The molecule has 0 radical (unpaired) electrons. The zero-order chi connectivity index (χ0) is 30.6. The summed E-state index contributed by atoms with van der Waals surface area (Å²) in [5.74, 6) is -2.27. The maximum absolute atomic E-state index is 14.0. The van der Waals surface area contributed by atoms with Gasteiger partial charge in [0.2, 0.25) is 5.95 Å². The number of halogens is 5. The number of hydrogen-bond donors (Lipinski definition) is 2. The summed E-state index contributed by atoms with van der Waals surface area (Å²) in [7, 11) is -9.67. The van der Waals surface area contributed by atoms with Crippen LogP contribution in [0.5, 0.6) is 0 Å². The number of azo groups is 1. The molecule has 0 saturated carbocycles. The number of aryl methyl sites for hydroxylation is 1. The maximum atomic E-state index is 14.0. The lowest BCUT2D eigenvalue weighted by molar-refractivity contribution is -0.117. The van der Waals surface area contributed by atoms with Crippen LogP contribution in [0.15, 0.2) is 49.4 Å². The van der Waals surface area contributed by atoms with E-state index in [2.05, 4.69) is 25.3 Å². The van der Waals surface area contributed by atoms with Gasteiger partial charge in [-0.25, -0.2) is 4.98 Å². The third kappa shape index (κ3) is 6.06. The lowest BCUT2D eigenvalue weighted by Gasteiger charge is -2.15. The van der Waals surface area contributed by atoms with Crippen LogP contribution in [0.3, 0.4) is 0 Å². The average molecular weight is 670 g/mol. The van der Waals surface area contributed by atoms with Gasteiger partial charge in [-0.15, -0.1) is 0 Å². The van der Waals surface area contributed by atoms with Gasteiger partial charge in [-0.3, -0.25) is 13.9 Å². The molecule has 0 spiro atoms. The van der Waals surface area contributed by atoms with Crippen molar-refractivity contribution in [1.29, 1.82) is 0 Å². The van der Waals surface area contributed by atoms with Crippen LogP contribution in [0, 0.1) is 18.9 Å². The zero-order valence-corrected chi connectivity index (χ0v) is 24.1. The molecule has 2 heterocycles. The largest absolute Gasteiger partial charge is 0.311 e. The second-order valence-corrected chi connectivity index (χ2v) is 12.2. The van der Waals surface area contributed by atoms with Gasteiger partial charge in [0.1, 0.15) is 20.5 Å². The van der Waals surface area contributed by atoms with Gasteiger partial charge in [-0.05, 0) is 43.7 Å². The lowest BCUT2D eigenvalue weighted by atomic mass is 10.0. The van der Waals surface area contributed by atoms with E-state index in [9.17, 15) is 39.5 Å². The summed E-state index contributed by atoms with van der Waals surface area (Å²) in [5.41, 5.74) is -1.19. The molecule has 2 aromatic carbocycles. The number of nitrogens with zero attached hydrogens (tertiary/aromatic N) is 6. The molecule has 20 heteroatoms. The van der Waals surface area contributed by atoms with Gasteiger partial charge in [0, 0.05) is 5.56 Å². The van der Waals surface area contributed by atoms with Gasteiger partial charge >= 0.3 is 6.08 Å². The predicted molar refractivity (Wildman–Crippen MR) is 142 cm³/mol. The molecule has 1 unspecified atom stereocenters. The molecule has 1 amide bonds. The third-order valence-corrected chi connectivity index (χ3v) is 8.35. The second kappa shape index (κ2) is 10.9. The Morgan fingerprint density at radius 3 is 2.17 bits per heavy atom. The van der Waals surface area contributed by atoms with Crippen LogP contribution in [0.1, 0.15) is 12.5 Å². The van der Waals surface area contributed by atoms with E-state index < -0.39 is 75.4 Å². The van der Waals surface area contributed by atoms with Crippen molar-refractivity contribution in [2.75, 3.05) is 5.01 Å². The smallest absolute Gasteiger partial charge is 0.282 e. The van der Waals surface area contributed by atoms with Crippen LogP contribution < -0.4 is 5.01 Å². The molecule has 1 aliphatic heterocycles. The quantitative estimate of drug-likeness (QED) is 0.156. The Hall–Kier alpha value is -3.19. The van der Waals surface area contributed by atoms with E-state index in [-0.39, 0.29) is 27.5 Å². The number of hydrazone groups is 1. The molecular formula is C21H13Cl3F2N6O7S2. The minimum Gasteiger partial charge on any atom is -0.282 e. The number of hydrogen-bond acceptors (Lipinski definition) is 10. The van der Waals surface area contributed by atoms with Gasteiger partial charge in [-0.1, -0.05) is 34.8 Å². The predicted octanol–water partition coefficient (Wildman–Crippen LogP) is 5.06. The first kappa shape index (κ1) is 30.8. The first-order valence-electron chi connectivity index (χ1n) is 10.7. The number of amides is 1. The van der Waals surface area contributed by atoms with Crippen molar-refractivity contribution in [3.05, 3.63) is 56.9 Å². The van der Waals surface area contributed by atoms with Crippen LogP contribution in [0.2, 0.25) is 15.1 Å². The highest BCUT2D eigenvalue weighted by molar-refractivity contribution is 7.86. The number of anilines is 1. The van der Waals surface area contributed by atoms with E-state index in [1.54, 1.807) is 0 Å². The van der Waals surface area contributed by atoms with Crippen LogP contribution in [0.25, 0.3) is 11.3 Å².